The van der Waals surface area contributed by atoms with Crippen molar-refractivity contribution in [3.8, 4) is 0 Å². The number of hydrogen-bond acceptors (Lipinski definition) is 5. The second kappa shape index (κ2) is 6.43. The van der Waals surface area contributed by atoms with Crippen molar-refractivity contribution in [1.82, 2.24) is 20.5 Å². The van der Waals surface area contributed by atoms with E-state index in [-0.39, 0.29) is 0 Å². The minimum absolute atomic E-state index is 0.495. The van der Waals surface area contributed by atoms with Gasteiger partial charge in [-0.1, -0.05) is 26.0 Å². The van der Waals surface area contributed by atoms with Crippen LogP contribution in [-0.2, 0) is 0 Å². The number of para-hydroxylation sites is 1. The average Bonchev–Trinajstić information content (AvgIpc) is 2.43. The van der Waals surface area contributed by atoms with Crippen LogP contribution in [0.15, 0.2) is 24.3 Å². The Morgan fingerprint density at radius 1 is 1.16 bits per heavy atom. The van der Waals surface area contributed by atoms with Gasteiger partial charge in [0.25, 0.3) is 0 Å². The molecule has 0 saturated carbocycles. The minimum atomic E-state index is 0.495. The Labute approximate surface area is 114 Å². The number of hydrogen-bond donors (Lipinski definition) is 1. The third-order valence-corrected chi connectivity index (χ3v) is 2.95. The molecule has 0 unspecified atom stereocenters. The number of nitrogens with zero attached hydrogens (tertiary/aromatic N) is 4. The van der Waals surface area contributed by atoms with Gasteiger partial charge in [0.2, 0.25) is 5.95 Å². The summed E-state index contributed by atoms with van der Waals surface area (Å²) in [5.41, 5.74) is 1.73. The van der Waals surface area contributed by atoms with Gasteiger partial charge in [-0.05, 0) is 19.1 Å². The lowest BCUT2D eigenvalue weighted by Crippen LogP contribution is -2.35. The smallest absolute Gasteiger partial charge is 0.245 e. The standard InChI is InChI=1S/C14H21N5/c1-4-19(10-9-15-11(2)3)14-16-12-7-5-6-8-13(12)17-18-14/h5-8,11,15H,4,9-10H2,1-3H3. The molecule has 1 aromatic heterocycles. The molecule has 0 aliphatic heterocycles. The quantitative estimate of drug-likeness (QED) is 0.858. The molecule has 2 aromatic rings. The molecule has 5 nitrogen and oxygen atoms in total. The Morgan fingerprint density at radius 2 is 1.89 bits per heavy atom. The fourth-order valence-corrected chi connectivity index (χ4v) is 1.89. The highest BCUT2D eigenvalue weighted by Gasteiger charge is 2.09. The number of likely N-dealkylation sites (N-methyl/N-ethyl adjacent to an activating group) is 1. The van der Waals surface area contributed by atoms with E-state index in [1.807, 2.05) is 24.3 Å². The Bertz CT molecular complexity index is 526. The third kappa shape index (κ3) is 3.61. The lowest BCUT2D eigenvalue weighted by atomic mass is 10.3. The zero-order valence-corrected chi connectivity index (χ0v) is 11.8. The predicted octanol–water partition coefficient (Wildman–Crippen LogP) is 1.85. The largest absolute Gasteiger partial charge is 0.339 e. The van der Waals surface area contributed by atoms with Crippen molar-refractivity contribution in [2.75, 3.05) is 24.5 Å². The van der Waals surface area contributed by atoms with Gasteiger partial charge in [0.05, 0.1) is 5.52 Å². The molecule has 1 heterocycles. The Kier molecular flexibility index (Phi) is 4.63. The summed E-state index contributed by atoms with van der Waals surface area (Å²) >= 11 is 0. The first kappa shape index (κ1) is 13.7. The van der Waals surface area contributed by atoms with Gasteiger partial charge in [0, 0.05) is 25.7 Å². The Morgan fingerprint density at radius 3 is 2.58 bits per heavy atom. The SMILES string of the molecule is CCN(CCNC(C)C)c1nnc2ccccc2n1. The number of benzene rings is 1. The van der Waals surface area contributed by atoms with Crippen LogP contribution in [-0.4, -0.2) is 40.9 Å². The summed E-state index contributed by atoms with van der Waals surface area (Å²) in [6.07, 6.45) is 0. The van der Waals surface area contributed by atoms with Crippen LogP contribution in [0.25, 0.3) is 11.0 Å². The van der Waals surface area contributed by atoms with Crippen molar-refractivity contribution in [3.63, 3.8) is 0 Å². The molecule has 0 aliphatic carbocycles. The van der Waals surface area contributed by atoms with Crippen molar-refractivity contribution >= 4 is 17.0 Å². The monoisotopic (exact) mass is 259 g/mol. The lowest BCUT2D eigenvalue weighted by molar-refractivity contribution is 0.580. The van der Waals surface area contributed by atoms with E-state index in [0.29, 0.717) is 12.0 Å². The van der Waals surface area contributed by atoms with E-state index >= 15 is 0 Å². The summed E-state index contributed by atoms with van der Waals surface area (Å²) in [5, 5.41) is 11.8. The Hall–Kier alpha value is -1.75. The van der Waals surface area contributed by atoms with E-state index in [1.54, 1.807) is 0 Å². The van der Waals surface area contributed by atoms with Crippen LogP contribution in [0.5, 0.6) is 0 Å². The van der Waals surface area contributed by atoms with Gasteiger partial charge in [-0.15, -0.1) is 10.2 Å². The first-order valence-electron chi connectivity index (χ1n) is 6.78. The topological polar surface area (TPSA) is 53.9 Å². The molecule has 0 spiro atoms. The molecular weight excluding hydrogens is 238 g/mol. The maximum atomic E-state index is 4.57. The molecule has 0 fully saturated rings. The van der Waals surface area contributed by atoms with E-state index in [4.69, 9.17) is 0 Å². The van der Waals surface area contributed by atoms with Crippen LogP contribution < -0.4 is 10.2 Å². The summed E-state index contributed by atoms with van der Waals surface area (Å²) in [6, 6.07) is 8.30. The summed E-state index contributed by atoms with van der Waals surface area (Å²) in [5.74, 6) is 0.701. The number of fused-ring (bicyclic) bond motifs is 1. The summed E-state index contributed by atoms with van der Waals surface area (Å²) in [4.78, 5) is 6.70. The molecule has 102 valence electrons. The van der Waals surface area contributed by atoms with Gasteiger partial charge in [-0.3, -0.25) is 0 Å². The summed E-state index contributed by atoms with van der Waals surface area (Å²) in [7, 11) is 0. The maximum Gasteiger partial charge on any atom is 0.245 e. The highest BCUT2D eigenvalue weighted by atomic mass is 15.3. The number of nitrogens with one attached hydrogen (secondary N) is 1. The van der Waals surface area contributed by atoms with Gasteiger partial charge in [-0.25, -0.2) is 4.98 Å². The van der Waals surface area contributed by atoms with Gasteiger partial charge in [-0.2, -0.15) is 0 Å². The molecule has 1 aromatic carbocycles. The summed E-state index contributed by atoms with van der Waals surface area (Å²) < 4.78 is 0. The van der Waals surface area contributed by atoms with Crippen LogP contribution in [0.4, 0.5) is 5.95 Å². The van der Waals surface area contributed by atoms with Crippen LogP contribution in [0, 0.1) is 0 Å². The van der Waals surface area contributed by atoms with Gasteiger partial charge < -0.3 is 10.2 Å². The zero-order valence-electron chi connectivity index (χ0n) is 11.8. The Balaban J connectivity index is 2.11. The fraction of sp³-hybridized carbons (Fsp3) is 0.500. The molecule has 0 amide bonds. The normalized spacial score (nSPS) is 11.2. The van der Waals surface area contributed by atoms with Gasteiger partial charge in [0.1, 0.15) is 5.52 Å². The molecule has 2 rings (SSSR count). The predicted molar refractivity (Wildman–Crippen MR) is 78.4 cm³/mol. The number of anilines is 1. The molecule has 0 atom stereocenters. The molecule has 0 bridgehead atoms. The first-order chi connectivity index (χ1) is 9.20. The molecule has 5 heteroatoms. The highest BCUT2D eigenvalue weighted by molar-refractivity contribution is 5.74. The van der Waals surface area contributed by atoms with E-state index < -0.39 is 0 Å². The van der Waals surface area contributed by atoms with E-state index in [2.05, 4.69) is 46.2 Å². The van der Waals surface area contributed by atoms with Crippen LogP contribution in [0.3, 0.4) is 0 Å². The molecule has 0 radical (unpaired) electrons. The fourth-order valence-electron chi connectivity index (χ4n) is 1.89. The van der Waals surface area contributed by atoms with Crippen molar-refractivity contribution in [2.24, 2.45) is 0 Å². The second-order valence-electron chi connectivity index (χ2n) is 4.79. The molecule has 0 saturated heterocycles. The number of rotatable bonds is 6. The summed E-state index contributed by atoms with van der Waals surface area (Å²) in [6.45, 7) is 9.07. The number of aromatic nitrogens is 3. The average molecular weight is 259 g/mol. The second-order valence-corrected chi connectivity index (χ2v) is 4.79. The first-order valence-corrected chi connectivity index (χ1v) is 6.78. The van der Waals surface area contributed by atoms with E-state index in [1.165, 1.54) is 0 Å². The van der Waals surface area contributed by atoms with Crippen molar-refractivity contribution in [3.05, 3.63) is 24.3 Å². The van der Waals surface area contributed by atoms with Gasteiger partial charge in [0.15, 0.2) is 0 Å². The van der Waals surface area contributed by atoms with Crippen molar-refractivity contribution < 1.29 is 0 Å². The van der Waals surface area contributed by atoms with Gasteiger partial charge >= 0.3 is 0 Å². The maximum absolute atomic E-state index is 4.57. The van der Waals surface area contributed by atoms with Crippen molar-refractivity contribution in [2.45, 2.75) is 26.8 Å². The van der Waals surface area contributed by atoms with Crippen LogP contribution in [0.2, 0.25) is 0 Å². The lowest BCUT2D eigenvalue weighted by Gasteiger charge is -2.21. The van der Waals surface area contributed by atoms with Crippen LogP contribution >= 0.6 is 0 Å². The highest BCUT2D eigenvalue weighted by Crippen LogP contribution is 2.11. The van der Waals surface area contributed by atoms with Crippen LogP contribution in [0.1, 0.15) is 20.8 Å². The minimum Gasteiger partial charge on any atom is -0.339 e. The molecule has 19 heavy (non-hydrogen) atoms. The molecule has 0 aliphatic rings. The molecular formula is C14H21N5. The van der Waals surface area contributed by atoms with E-state index in [0.717, 1.165) is 30.7 Å². The molecule has 1 N–H and O–H groups in total. The van der Waals surface area contributed by atoms with Crippen molar-refractivity contribution in [1.29, 1.82) is 0 Å². The van der Waals surface area contributed by atoms with E-state index in [9.17, 15) is 0 Å². The zero-order chi connectivity index (χ0) is 13.7. The third-order valence-electron chi connectivity index (χ3n) is 2.95.